The molecule has 19 N–H and O–H groups in total. The molecule has 1 aliphatic rings. The summed E-state index contributed by atoms with van der Waals surface area (Å²) >= 11 is 7.98. The van der Waals surface area contributed by atoms with Crippen molar-refractivity contribution in [3.63, 3.8) is 0 Å². The fourth-order valence-corrected chi connectivity index (χ4v) is 8.38. The first kappa shape index (κ1) is 69.7. The van der Waals surface area contributed by atoms with Crippen molar-refractivity contribution in [1.29, 1.82) is 0 Å². The number of nitrogens with two attached hydrogens (primary N) is 3. The summed E-state index contributed by atoms with van der Waals surface area (Å²) in [5.41, 5.74) is 16.5. The third-order valence-corrected chi connectivity index (χ3v) is 12.7. The Kier molecular flexibility index (Phi) is 30.8. The van der Waals surface area contributed by atoms with E-state index in [0.29, 0.717) is 6.42 Å². The van der Waals surface area contributed by atoms with E-state index in [2.05, 4.69) is 73.1 Å². The first-order valence-corrected chi connectivity index (χ1v) is 26.4. The van der Waals surface area contributed by atoms with E-state index >= 15 is 0 Å². The molecule has 32 heteroatoms. The molecule has 0 aromatic carbocycles. The molecule has 0 unspecified atom stereocenters. The Labute approximate surface area is 461 Å². The zero-order valence-electron chi connectivity index (χ0n) is 44.4. The van der Waals surface area contributed by atoms with Crippen LogP contribution in [0.5, 0.6) is 0 Å². The number of hydrogen-bond acceptors (Lipinski definition) is 19. The summed E-state index contributed by atoms with van der Waals surface area (Å²) in [6.45, 7) is 7.97. The number of likely N-dealkylation sites (tertiary alicyclic amines) is 1. The highest BCUT2D eigenvalue weighted by atomic mass is 32.1. The number of primary amides is 2. The number of thiol groups is 2. The van der Waals surface area contributed by atoms with Gasteiger partial charge in [0, 0.05) is 31.4 Å². The largest absolute Gasteiger partial charge is 0.481 e. The Bertz CT molecular complexity index is 2140. The number of aliphatic carboxylic acids is 1. The molecule has 0 radical (unpaired) electrons. The number of aliphatic hydroxyl groups is 3. The number of nitrogens with one attached hydrogen (secondary N) is 9. The molecule has 1 saturated heterocycles. The zero-order chi connectivity index (χ0) is 59.7. The third-order valence-electron chi connectivity index (χ3n) is 12.0. The highest BCUT2D eigenvalue weighted by Gasteiger charge is 2.42. The molecule has 0 aromatic rings. The summed E-state index contributed by atoms with van der Waals surface area (Å²) in [6, 6.07) is -15.6. The van der Waals surface area contributed by atoms with Crippen LogP contribution in [0.2, 0.25) is 0 Å². The summed E-state index contributed by atoms with van der Waals surface area (Å²) < 4.78 is 0. The summed E-state index contributed by atoms with van der Waals surface area (Å²) in [5.74, 6) is -14.1. The molecule has 442 valence electrons. The maximum atomic E-state index is 14.2. The fraction of sp³-hybridized carbons (Fsp3) is 0.717. The smallest absolute Gasteiger partial charge is 0.303 e. The van der Waals surface area contributed by atoms with Crippen molar-refractivity contribution < 1.29 is 82.8 Å². The molecule has 0 bridgehead atoms. The molecule has 13 atom stereocenters. The van der Waals surface area contributed by atoms with Gasteiger partial charge in [0.15, 0.2) is 0 Å². The van der Waals surface area contributed by atoms with Gasteiger partial charge in [0.25, 0.3) is 0 Å². The van der Waals surface area contributed by atoms with Crippen LogP contribution in [-0.4, -0.2) is 206 Å². The number of nitrogens with zero attached hydrogens (tertiary/aromatic N) is 1. The molecule has 0 saturated carbocycles. The van der Waals surface area contributed by atoms with Crippen LogP contribution < -0.4 is 65.1 Å². The van der Waals surface area contributed by atoms with Crippen LogP contribution >= 0.6 is 25.3 Å². The number of carbonyl (C=O) groups is 13. The van der Waals surface area contributed by atoms with Crippen molar-refractivity contribution in [2.45, 2.75) is 178 Å². The second kappa shape index (κ2) is 34.5. The van der Waals surface area contributed by atoms with E-state index in [0.717, 1.165) is 25.7 Å². The van der Waals surface area contributed by atoms with E-state index in [1.165, 1.54) is 6.92 Å². The molecule has 78 heavy (non-hydrogen) atoms. The first-order chi connectivity index (χ1) is 36.4. The Balaban J connectivity index is 3.48. The summed E-state index contributed by atoms with van der Waals surface area (Å²) in [5, 5.41) is 62.0. The van der Waals surface area contributed by atoms with Gasteiger partial charge in [-0.25, -0.2) is 0 Å². The minimum Gasteiger partial charge on any atom is -0.481 e. The van der Waals surface area contributed by atoms with Crippen LogP contribution in [-0.2, 0) is 62.3 Å². The molecule has 0 spiro atoms. The van der Waals surface area contributed by atoms with Gasteiger partial charge < -0.3 is 90.4 Å². The van der Waals surface area contributed by atoms with E-state index in [1.807, 2.05) is 0 Å². The molecule has 1 fully saturated rings. The maximum absolute atomic E-state index is 14.2. The molecule has 1 aliphatic heterocycles. The predicted octanol–water partition coefficient (Wildman–Crippen LogP) is -7.24. The lowest BCUT2D eigenvalue weighted by Gasteiger charge is -2.31. The van der Waals surface area contributed by atoms with Gasteiger partial charge in [-0.3, -0.25) is 62.3 Å². The van der Waals surface area contributed by atoms with Gasteiger partial charge >= 0.3 is 5.97 Å². The van der Waals surface area contributed by atoms with Crippen LogP contribution in [0.25, 0.3) is 0 Å². The minimum atomic E-state index is -1.90. The van der Waals surface area contributed by atoms with E-state index in [9.17, 15) is 82.8 Å². The highest BCUT2D eigenvalue weighted by molar-refractivity contribution is 7.80. The number of carboxylic acids is 1. The Morgan fingerprint density at radius 1 is 0.564 bits per heavy atom. The lowest BCUT2D eigenvalue weighted by Crippen LogP contribution is -2.63. The van der Waals surface area contributed by atoms with Crippen LogP contribution in [0, 0.1) is 5.92 Å². The van der Waals surface area contributed by atoms with Crippen molar-refractivity contribution in [1.82, 2.24) is 52.8 Å². The predicted molar refractivity (Wildman–Crippen MR) is 283 cm³/mol. The SMILES string of the molecule is CC(=O)N[C@@H](CS)C(=O)N[C@H](C(=O)N[C@H](C(=O)N[C@@H](CCC(=O)O)C(=O)N1CCC[C@@H]1C(=O)N[C@@H](CC(N)=O)C(=O)N[C@@H](CCCCN)C(=O)N[C@@H](CC(C)C)C(=O)N[C@H](C(=O)N[C@@H](CS)C(N)=O)[C@@H](C)O)[C@@H](C)O)[C@@H](C)O. The normalized spacial score (nSPS) is 17.8. The number of carboxylic acid groups (broad SMARTS) is 1. The second-order valence-corrected chi connectivity index (χ2v) is 19.9. The van der Waals surface area contributed by atoms with E-state index < -0.39 is 175 Å². The van der Waals surface area contributed by atoms with Crippen molar-refractivity contribution >= 4 is 102 Å². The van der Waals surface area contributed by atoms with Crippen LogP contribution in [0.1, 0.15) is 99.3 Å². The first-order valence-electron chi connectivity index (χ1n) is 25.2. The number of carbonyl (C=O) groups excluding carboxylic acids is 12. The quantitative estimate of drug-likeness (QED) is 0.0207. The number of unbranched alkanes of at least 4 members (excludes halogenated alkanes) is 1. The van der Waals surface area contributed by atoms with Crippen molar-refractivity contribution in [2.24, 2.45) is 23.1 Å². The number of rotatable bonds is 35. The van der Waals surface area contributed by atoms with Gasteiger partial charge in [-0.15, -0.1) is 0 Å². The Hall–Kier alpha value is -6.35. The van der Waals surface area contributed by atoms with Gasteiger partial charge in [0.2, 0.25) is 70.9 Å². The highest BCUT2D eigenvalue weighted by Crippen LogP contribution is 2.21. The summed E-state index contributed by atoms with van der Waals surface area (Å²) in [6.07, 6.45) is -6.42. The van der Waals surface area contributed by atoms with Crippen molar-refractivity contribution in [3.05, 3.63) is 0 Å². The third kappa shape index (κ3) is 23.7. The molecule has 12 amide bonds. The average Bonchev–Trinajstić information content (AvgIpc) is 3.84. The Morgan fingerprint density at radius 3 is 1.46 bits per heavy atom. The summed E-state index contributed by atoms with van der Waals surface area (Å²) in [4.78, 5) is 171. The Morgan fingerprint density at radius 2 is 1.01 bits per heavy atom. The standard InChI is InChI=1S/C46H79N13O17S2/c1-20(2)16-27(40(70)56-34(21(3)60)44(74)55-29(18-77)37(49)67)53-38(68)25(10-7-8-14-47)51-39(69)28(17-32(48)64)54-42(72)31-11-9-15-59(31)46(76)26(12-13-33(65)66)52-43(73)35(22(4)61)58-45(75)36(23(5)62)57-41(71)30(19-78)50-24(6)63/h20-23,25-31,34-36,60-62,77-78H,7-19,47H2,1-6H3,(H2,48,64)(H2,49,67)(H,50,63)(H,51,69)(H,52,73)(H,53,68)(H,54,72)(H,55,74)(H,56,70)(H,57,71)(H,58,75)(H,65,66)/t21-,22-,23-,25+,26+,27+,28+,29+,30+,31-,34+,35+,36+/m1/s1. The topological polar surface area (TPSA) is 492 Å². The number of amides is 12. The van der Waals surface area contributed by atoms with Crippen LogP contribution in [0.3, 0.4) is 0 Å². The minimum absolute atomic E-state index is 0.0307. The molecule has 1 rings (SSSR count). The molecule has 0 aromatic heterocycles. The second-order valence-electron chi connectivity index (χ2n) is 19.2. The number of hydrogen-bond donors (Lipinski definition) is 18. The van der Waals surface area contributed by atoms with Gasteiger partial charge in [0.05, 0.1) is 24.7 Å². The molecular weight excluding hydrogens is 1070 g/mol. The monoisotopic (exact) mass is 1150 g/mol. The van der Waals surface area contributed by atoms with Crippen LogP contribution in [0.4, 0.5) is 0 Å². The van der Waals surface area contributed by atoms with E-state index in [-0.39, 0.29) is 62.6 Å². The van der Waals surface area contributed by atoms with Gasteiger partial charge in [0.1, 0.15) is 60.4 Å². The van der Waals surface area contributed by atoms with Crippen molar-refractivity contribution in [2.75, 3.05) is 24.6 Å². The lowest BCUT2D eigenvalue weighted by atomic mass is 10.0. The maximum Gasteiger partial charge on any atom is 0.303 e. The zero-order valence-corrected chi connectivity index (χ0v) is 46.2. The molecule has 1 heterocycles. The van der Waals surface area contributed by atoms with E-state index in [4.69, 9.17) is 17.2 Å². The average molecular weight is 1150 g/mol. The van der Waals surface area contributed by atoms with Gasteiger partial charge in [-0.05, 0) is 78.2 Å². The van der Waals surface area contributed by atoms with E-state index in [1.54, 1.807) is 13.8 Å². The molecule has 30 nitrogen and oxygen atoms in total. The van der Waals surface area contributed by atoms with Crippen molar-refractivity contribution in [3.8, 4) is 0 Å². The fourth-order valence-electron chi connectivity index (χ4n) is 7.85. The summed E-state index contributed by atoms with van der Waals surface area (Å²) in [7, 11) is 0. The number of aliphatic hydroxyl groups excluding tert-OH is 3. The lowest BCUT2D eigenvalue weighted by molar-refractivity contribution is -0.144. The molecular formula is C46H79N13O17S2. The van der Waals surface area contributed by atoms with Crippen LogP contribution in [0.15, 0.2) is 0 Å². The van der Waals surface area contributed by atoms with Gasteiger partial charge in [-0.2, -0.15) is 25.3 Å². The molecule has 0 aliphatic carbocycles. The van der Waals surface area contributed by atoms with Gasteiger partial charge in [-0.1, -0.05) is 13.8 Å².